The van der Waals surface area contributed by atoms with Crippen molar-refractivity contribution in [1.82, 2.24) is 14.5 Å². The third-order valence-electron chi connectivity index (χ3n) is 4.19. The van der Waals surface area contributed by atoms with E-state index in [0.717, 1.165) is 28.4 Å². The summed E-state index contributed by atoms with van der Waals surface area (Å²) in [5.74, 6) is 2.10. The average molecular weight is 312 g/mol. The molecule has 0 N–H and O–H groups in total. The number of aromatic nitrogens is 2. The predicted molar refractivity (Wildman–Crippen MR) is 84.5 cm³/mol. The summed E-state index contributed by atoms with van der Waals surface area (Å²) in [6.45, 7) is 3.37. The van der Waals surface area contributed by atoms with Gasteiger partial charge < -0.3 is 9.47 Å². The van der Waals surface area contributed by atoms with E-state index in [1.54, 1.807) is 0 Å². The van der Waals surface area contributed by atoms with Gasteiger partial charge in [-0.2, -0.15) is 0 Å². The van der Waals surface area contributed by atoms with Crippen LogP contribution in [-0.2, 0) is 12.4 Å². The van der Waals surface area contributed by atoms with Gasteiger partial charge in [0.1, 0.15) is 5.82 Å². The standard InChI is InChI=1S/C15H19Cl2N3/c1-19-6-4-11(5-7-19)10-20-14-3-2-12(17)8-13(14)18-15(20)9-16/h2-3,8,11H,4-7,9-10H2,1H3. The number of piperidine rings is 1. The smallest absolute Gasteiger partial charge is 0.124 e. The van der Waals surface area contributed by atoms with Crippen LogP contribution in [0, 0.1) is 5.92 Å². The Morgan fingerprint density at radius 3 is 2.75 bits per heavy atom. The zero-order valence-corrected chi connectivity index (χ0v) is 13.2. The molecule has 1 aliphatic rings. The van der Waals surface area contributed by atoms with Crippen molar-refractivity contribution in [3.05, 3.63) is 29.0 Å². The first-order chi connectivity index (χ1) is 9.67. The molecule has 0 amide bonds. The molecule has 0 atom stereocenters. The van der Waals surface area contributed by atoms with Crippen LogP contribution in [0.1, 0.15) is 18.7 Å². The van der Waals surface area contributed by atoms with Gasteiger partial charge in [-0.05, 0) is 57.1 Å². The Balaban J connectivity index is 1.89. The summed E-state index contributed by atoms with van der Waals surface area (Å²) >= 11 is 12.1. The lowest BCUT2D eigenvalue weighted by atomic mass is 9.97. The highest BCUT2D eigenvalue weighted by atomic mass is 35.5. The van der Waals surface area contributed by atoms with Crippen LogP contribution in [0.3, 0.4) is 0 Å². The number of benzene rings is 1. The maximum atomic E-state index is 6.06. The average Bonchev–Trinajstić information content (AvgIpc) is 2.78. The third kappa shape index (κ3) is 2.80. The fourth-order valence-corrected chi connectivity index (χ4v) is 3.33. The molecule has 0 saturated carbocycles. The van der Waals surface area contributed by atoms with Gasteiger partial charge in [0.2, 0.25) is 0 Å². The van der Waals surface area contributed by atoms with E-state index in [0.29, 0.717) is 11.8 Å². The number of likely N-dealkylation sites (tertiary alicyclic amines) is 1. The first-order valence-electron chi connectivity index (χ1n) is 7.06. The zero-order valence-electron chi connectivity index (χ0n) is 11.6. The van der Waals surface area contributed by atoms with Gasteiger partial charge in [0, 0.05) is 11.6 Å². The summed E-state index contributed by atoms with van der Waals surface area (Å²) in [4.78, 5) is 7.00. The summed E-state index contributed by atoms with van der Waals surface area (Å²) in [7, 11) is 2.19. The number of nitrogens with zero attached hydrogens (tertiary/aromatic N) is 3. The minimum Gasteiger partial charge on any atom is -0.327 e. The van der Waals surface area contributed by atoms with Crippen LogP contribution in [0.25, 0.3) is 11.0 Å². The first kappa shape index (κ1) is 14.2. The molecule has 3 rings (SSSR count). The first-order valence-corrected chi connectivity index (χ1v) is 7.98. The van der Waals surface area contributed by atoms with Crippen LogP contribution in [0.5, 0.6) is 0 Å². The molecule has 108 valence electrons. The molecular weight excluding hydrogens is 293 g/mol. The lowest BCUT2D eigenvalue weighted by Gasteiger charge is -2.29. The fourth-order valence-electron chi connectivity index (χ4n) is 2.96. The van der Waals surface area contributed by atoms with E-state index in [2.05, 4.69) is 27.6 Å². The number of rotatable bonds is 3. The fraction of sp³-hybridized carbons (Fsp3) is 0.533. The van der Waals surface area contributed by atoms with Crippen molar-refractivity contribution in [2.75, 3.05) is 20.1 Å². The molecular formula is C15H19Cl2N3. The van der Waals surface area contributed by atoms with Gasteiger partial charge in [-0.1, -0.05) is 11.6 Å². The molecule has 2 aromatic rings. The third-order valence-corrected chi connectivity index (χ3v) is 4.66. The predicted octanol–water partition coefficient (Wildman–Crippen LogP) is 3.77. The van der Waals surface area contributed by atoms with E-state index in [4.69, 9.17) is 23.2 Å². The van der Waals surface area contributed by atoms with Crippen molar-refractivity contribution in [3.63, 3.8) is 0 Å². The SMILES string of the molecule is CN1CCC(Cn2c(CCl)nc3cc(Cl)ccc32)CC1. The van der Waals surface area contributed by atoms with Gasteiger partial charge in [-0.15, -0.1) is 11.6 Å². The molecule has 0 radical (unpaired) electrons. The van der Waals surface area contributed by atoms with Crippen LogP contribution >= 0.6 is 23.2 Å². The summed E-state index contributed by atoms with van der Waals surface area (Å²) in [5, 5.41) is 0.725. The quantitative estimate of drug-likeness (QED) is 0.805. The lowest BCUT2D eigenvalue weighted by molar-refractivity contribution is 0.205. The zero-order chi connectivity index (χ0) is 14.1. The number of alkyl halides is 1. The molecule has 0 unspecified atom stereocenters. The van der Waals surface area contributed by atoms with Gasteiger partial charge in [-0.25, -0.2) is 4.98 Å². The van der Waals surface area contributed by atoms with Crippen LogP contribution in [0.4, 0.5) is 0 Å². The normalized spacial score (nSPS) is 17.9. The lowest BCUT2D eigenvalue weighted by Crippen LogP contribution is -2.32. The number of imidazole rings is 1. The van der Waals surface area contributed by atoms with E-state index in [1.165, 1.54) is 25.9 Å². The molecule has 1 aromatic carbocycles. The Hall–Kier alpha value is -0.770. The van der Waals surface area contributed by atoms with Crippen LogP contribution < -0.4 is 0 Å². The van der Waals surface area contributed by atoms with Crippen molar-refractivity contribution in [2.24, 2.45) is 5.92 Å². The van der Waals surface area contributed by atoms with E-state index in [-0.39, 0.29) is 0 Å². The Labute approximate surface area is 129 Å². The topological polar surface area (TPSA) is 21.1 Å². The molecule has 0 bridgehead atoms. The Morgan fingerprint density at radius 2 is 2.05 bits per heavy atom. The summed E-state index contributed by atoms with van der Waals surface area (Å²) in [6, 6.07) is 5.89. The Bertz CT molecular complexity index is 600. The maximum Gasteiger partial charge on any atom is 0.124 e. The molecule has 1 aliphatic heterocycles. The number of hydrogen-bond donors (Lipinski definition) is 0. The number of halogens is 2. The van der Waals surface area contributed by atoms with Crippen molar-refractivity contribution >= 4 is 34.2 Å². The second-order valence-corrected chi connectivity index (χ2v) is 6.36. The van der Waals surface area contributed by atoms with E-state index in [1.807, 2.05) is 12.1 Å². The van der Waals surface area contributed by atoms with Crippen molar-refractivity contribution in [2.45, 2.75) is 25.3 Å². The number of fused-ring (bicyclic) bond motifs is 1. The van der Waals surface area contributed by atoms with Gasteiger partial charge in [-0.3, -0.25) is 0 Å². The molecule has 3 nitrogen and oxygen atoms in total. The molecule has 0 spiro atoms. The molecule has 0 aliphatic carbocycles. The van der Waals surface area contributed by atoms with Crippen molar-refractivity contribution in [1.29, 1.82) is 0 Å². The molecule has 5 heteroatoms. The molecule has 20 heavy (non-hydrogen) atoms. The van der Waals surface area contributed by atoms with E-state index in [9.17, 15) is 0 Å². The Kier molecular flexibility index (Phi) is 4.20. The van der Waals surface area contributed by atoms with Gasteiger partial charge in [0.15, 0.2) is 0 Å². The summed E-state index contributed by atoms with van der Waals surface area (Å²) < 4.78 is 2.27. The van der Waals surface area contributed by atoms with Crippen LogP contribution in [0.15, 0.2) is 18.2 Å². The minimum atomic E-state index is 0.443. The van der Waals surface area contributed by atoms with Gasteiger partial charge in [0.05, 0.1) is 16.9 Å². The largest absolute Gasteiger partial charge is 0.327 e. The van der Waals surface area contributed by atoms with Crippen LogP contribution in [-0.4, -0.2) is 34.6 Å². The van der Waals surface area contributed by atoms with Gasteiger partial charge >= 0.3 is 0 Å². The summed E-state index contributed by atoms with van der Waals surface area (Å²) in [5.41, 5.74) is 2.09. The van der Waals surface area contributed by atoms with Crippen molar-refractivity contribution < 1.29 is 0 Å². The van der Waals surface area contributed by atoms with Crippen molar-refractivity contribution in [3.8, 4) is 0 Å². The molecule has 1 fully saturated rings. The van der Waals surface area contributed by atoms with E-state index < -0.39 is 0 Å². The maximum absolute atomic E-state index is 6.06. The van der Waals surface area contributed by atoms with Gasteiger partial charge in [0.25, 0.3) is 0 Å². The highest BCUT2D eigenvalue weighted by molar-refractivity contribution is 6.31. The minimum absolute atomic E-state index is 0.443. The highest BCUT2D eigenvalue weighted by Gasteiger charge is 2.19. The second kappa shape index (κ2) is 5.92. The molecule has 2 heterocycles. The summed E-state index contributed by atoms with van der Waals surface area (Å²) in [6.07, 6.45) is 2.48. The number of hydrogen-bond acceptors (Lipinski definition) is 2. The second-order valence-electron chi connectivity index (χ2n) is 5.65. The van der Waals surface area contributed by atoms with Crippen LogP contribution in [0.2, 0.25) is 5.02 Å². The highest BCUT2D eigenvalue weighted by Crippen LogP contribution is 2.25. The molecule has 1 saturated heterocycles. The monoisotopic (exact) mass is 311 g/mol. The molecule has 1 aromatic heterocycles. The van der Waals surface area contributed by atoms with E-state index >= 15 is 0 Å². The Morgan fingerprint density at radius 1 is 1.30 bits per heavy atom.